The lowest BCUT2D eigenvalue weighted by molar-refractivity contribution is 0.0756. The van der Waals surface area contributed by atoms with Gasteiger partial charge in [0, 0.05) is 13.1 Å². The maximum Gasteiger partial charge on any atom is 0.289 e. The van der Waals surface area contributed by atoms with Gasteiger partial charge in [-0.15, -0.1) is 36.2 Å². The Bertz CT molecular complexity index is 847. The topological polar surface area (TPSA) is 58.4 Å². The molecule has 1 fully saturated rings. The predicted molar refractivity (Wildman–Crippen MR) is 110 cm³/mol. The average molecular weight is 414 g/mol. The molecule has 26 heavy (non-hydrogen) atoms. The van der Waals surface area contributed by atoms with Crippen molar-refractivity contribution < 1.29 is 9.21 Å². The summed E-state index contributed by atoms with van der Waals surface area (Å²) in [4.78, 5) is 19.1. The fourth-order valence-corrected chi connectivity index (χ4v) is 4.10. The Kier molecular flexibility index (Phi) is 7.06. The molecule has 0 aliphatic carbocycles. The number of nitrogens with zero attached hydrogens (tertiary/aromatic N) is 2. The Morgan fingerprint density at radius 1 is 1.31 bits per heavy atom. The molecule has 1 atom stereocenters. The Hall–Kier alpha value is -1.60. The molecule has 1 unspecified atom stereocenters. The number of amides is 1. The summed E-state index contributed by atoms with van der Waals surface area (Å²) in [5, 5.41) is 3.99. The van der Waals surface area contributed by atoms with E-state index in [-0.39, 0.29) is 30.7 Å². The zero-order valence-electron chi connectivity index (χ0n) is 14.3. The number of hydrogen-bond acceptors (Lipinski definition) is 5. The van der Waals surface area contributed by atoms with Crippen molar-refractivity contribution in [3.05, 3.63) is 42.2 Å². The highest BCUT2D eigenvalue weighted by Gasteiger charge is 2.28. The number of likely N-dealkylation sites (tertiary alicyclic amines) is 1. The lowest BCUT2D eigenvalue weighted by Crippen LogP contribution is -2.30. The number of aromatic nitrogens is 1. The van der Waals surface area contributed by atoms with E-state index in [1.807, 2.05) is 42.3 Å². The van der Waals surface area contributed by atoms with E-state index in [1.54, 1.807) is 17.4 Å². The van der Waals surface area contributed by atoms with Crippen LogP contribution in [0.25, 0.3) is 21.0 Å². The summed E-state index contributed by atoms with van der Waals surface area (Å²) in [6.45, 7) is 2.53. The van der Waals surface area contributed by atoms with E-state index in [2.05, 4.69) is 10.3 Å². The van der Waals surface area contributed by atoms with Crippen molar-refractivity contribution in [2.45, 2.75) is 6.42 Å². The molecule has 0 radical (unpaired) electrons. The number of thiazole rings is 1. The SMILES string of the molecule is CNCC1CCN(C(=O)c2ccc(-c3nc4ccccc4s3)o2)C1.Cl.Cl. The number of benzene rings is 1. The van der Waals surface area contributed by atoms with Crippen LogP contribution in [0.15, 0.2) is 40.8 Å². The fraction of sp³-hybridized carbons (Fsp3) is 0.333. The molecule has 1 aliphatic heterocycles. The van der Waals surface area contributed by atoms with Gasteiger partial charge in [-0.05, 0) is 50.2 Å². The zero-order valence-corrected chi connectivity index (χ0v) is 16.8. The minimum Gasteiger partial charge on any atom is -0.448 e. The van der Waals surface area contributed by atoms with Gasteiger partial charge in [0.1, 0.15) is 0 Å². The third kappa shape index (κ3) is 4.04. The summed E-state index contributed by atoms with van der Waals surface area (Å²) in [5.41, 5.74) is 0.955. The molecule has 0 bridgehead atoms. The normalized spacial score (nSPS) is 16.3. The van der Waals surface area contributed by atoms with Crippen LogP contribution in [0.5, 0.6) is 0 Å². The number of rotatable bonds is 4. The third-order valence-electron chi connectivity index (χ3n) is 4.39. The second-order valence-electron chi connectivity index (χ2n) is 6.11. The molecule has 3 aromatic rings. The minimum absolute atomic E-state index is 0. The molecule has 0 saturated carbocycles. The van der Waals surface area contributed by atoms with Crippen molar-refractivity contribution in [3.63, 3.8) is 0 Å². The fourth-order valence-electron chi connectivity index (χ4n) is 3.17. The van der Waals surface area contributed by atoms with Gasteiger partial charge in [0.15, 0.2) is 16.5 Å². The standard InChI is InChI=1S/C18H19N3O2S.2ClH/c1-19-10-12-8-9-21(11-12)18(22)15-7-6-14(23-15)17-20-13-4-2-3-5-16(13)24-17;;/h2-7,12,19H,8-11H2,1H3;2*1H. The first kappa shape index (κ1) is 20.7. The molecular formula is C18H21Cl2N3O2S. The maximum atomic E-state index is 12.6. The van der Waals surface area contributed by atoms with Crippen molar-refractivity contribution in [1.29, 1.82) is 0 Å². The Morgan fingerprint density at radius 3 is 2.88 bits per heavy atom. The van der Waals surface area contributed by atoms with Gasteiger partial charge in [0.05, 0.1) is 10.2 Å². The van der Waals surface area contributed by atoms with Crippen LogP contribution in [0.4, 0.5) is 0 Å². The molecule has 1 N–H and O–H groups in total. The lowest BCUT2D eigenvalue weighted by Gasteiger charge is -2.14. The average Bonchev–Trinajstić information content (AvgIpc) is 3.32. The summed E-state index contributed by atoms with van der Waals surface area (Å²) < 4.78 is 6.93. The Labute approximate surface area is 168 Å². The van der Waals surface area contributed by atoms with Gasteiger partial charge in [0.2, 0.25) is 0 Å². The molecule has 1 aliphatic rings. The van der Waals surface area contributed by atoms with E-state index in [9.17, 15) is 4.79 Å². The quantitative estimate of drug-likeness (QED) is 0.699. The molecule has 0 spiro atoms. The largest absolute Gasteiger partial charge is 0.448 e. The number of fused-ring (bicyclic) bond motifs is 1. The molecule has 1 aromatic carbocycles. The van der Waals surface area contributed by atoms with E-state index in [4.69, 9.17) is 4.42 Å². The monoisotopic (exact) mass is 413 g/mol. The van der Waals surface area contributed by atoms with Gasteiger partial charge in [-0.3, -0.25) is 4.79 Å². The molecule has 3 heterocycles. The number of halogens is 2. The Morgan fingerprint density at radius 2 is 2.12 bits per heavy atom. The summed E-state index contributed by atoms with van der Waals surface area (Å²) in [6, 6.07) is 11.6. The van der Waals surface area contributed by atoms with E-state index in [0.717, 1.165) is 41.3 Å². The Balaban J connectivity index is 0.00000121. The van der Waals surface area contributed by atoms with Crippen LogP contribution in [0.3, 0.4) is 0 Å². The number of hydrogen-bond donors (Lipinski definition) is 1. The van der Waals surface area contributed by atoms with Crippen molar-refractivity contribution in [1.82, 2.24) is 15.2 Å². The number of carbonyl (C=O) groups excluding carboxylic acids is 1. The molecular weight excluding hydrogens is 393 g/mol. The van der Waals surface area contributed by atoms with Crippen LogP contribution in [-0.2, 0) is 0 Å². The van der Waals surface area contributed by atoms with Crippen molar-refractivity contribution in [2.75, 3.05) is 26.7 Å². The van der Waals surface area contributed by atoms with Crippen LogP contribution < -0.4 is 5.32 Å². The highest BCUT2D eigenvalue weighted by Crippen LogP contribution is 2.31. The second-order valence-corrected chi connectivity index (χ2v) is 7.14. The summed E-state index contributed by atoms with van der Waals surface area (Å²) in [7, 11) is 1.95. The number of furan rings is 1. The van der Waals surface area contributed by atoms with Crippen LogP contribution in [0.1, 0.15) is 17.0 Å². The number of nitrogens with one attached hydrogen (secondary N) is 1. The van der Waals surface area contributed by atoms with E-state index in [1.165, 1.54) is 0 Å². The second kappa shape index (κ2) is 8.86. The van der Waals surface area contributed by atoms with Crippen LogP contribution in [-0.4, -0.2) is 42.5 Å². The van der Waals surface area contributed by atoms with E-state index in [0.29, 0.717) is 17.4 Å². The first-order chi connectivity index (χ1) is 11.7. The minimum atomic E-state index is -0.0269. The summed E-state index contributed by atoms with van der Waals surface area (Å²) in [6.07, 6.45) is 1.04. The first-order valence-electron chi connectivity index (χ1n) is 8.14. The van der Waals surface area contributed by atoms with E-state index >= 15 is 0 Å². The smallest absolute Gasteiger partial charge is 0.289 e. The first-order valence-corrected chi connectivity index (χ1v) is 8.96. The van der Waals surface area contributed by atoms with Crippen LogP contribution >= 0.6 is 36.2 Å². The lowest BCUT2D eigenvalue weighted by atomic mass is 10.1. The number of carbonyl (C=O) groups is 1. The predicted octanol–water partition coefficient (Wildman–Crippen LogP) is 4.08. The summed E-state index contributed by atoms with van der Waals surface area (Å²) in [5.74, 6) is 1.55. The van der Waals surface area contributed by atoms with Gasteiger partial charge in [-0.25, -0.2) is 4.98 Å². The van der Waals surface area contributed by atoms with Crippen molar-refractivity contribution in [3.8, 4) is 10.8 Å². The van der Waals surface area contributed by atoms with Crippen molar-refractivity contribution >= 4 is 52.3 Å². The van der Waals surface area contributed by atoms with Crippen molar-refractivity contribution in [2.24, 2.45) is 5.92 Å². The molecule has 2 aromatic heterocycles. The maximum absolute atomic E-state index is 12.6. The third-order valence-corrected chi connectivity index (χ3v) is 5.44. The van der Waals surface area contributed by atoms with Gasteiger partial charge in [-0.1, -0.05) is 12.1 Å². The molecule has 1 saturated heterocycles. The number of para-hydroxylation sites is 1. The highest BCUT2D eigenvalue weighted by molar-refractivity contribution is 7.21. The highest BCUT2D eigenvalue weighted by atomic mass is 35.5. The molecule has 4 rings (SSSR count). The van der Waals surface area contributed by atoms with E-state index < -0.39 is 0 Å². The molecule has 5 nitrogen and oxygen atoms in total. The summed E-state index contributed by atoms with van der Waals surface area (Å²) >= 11 is 1.58. The van der Waals surface area contributed by atoms with Crippen LogP contribution in [0, 0.1) is 5.92 Å². The molecule has 140 valence electrons. The van der Waals surface area contributed by atoms with Gasteiger partial charge >= 0.3 is 0 Å². The van der Waals surface area contributed by atoms with Crippen LogP contribution in [0.2, 0.25) is 0 Å². The van der Waals surface area contributed by atoms with Gasteiger partial charge in [0.25, 0.3) is 5.91 Å². The molecule has 8 heteroatoms. The zero-order chi connectivity index (χ0) is 16.5. The van der Waals surface area contributed by atoms with Gasteiger partial charge < -0.3 is 14.6 Å². The molecule has 1 amide bonds. The van der Waals surface area contributed by atoms with Gasteiger partial charge in [-0.2, -0.15) is 0 Å².